The van der Waals surface area contributed by atoms with Crippen LogP contribution in [0.3, 0.4) is 0 Å². The molecule has 0 radical (unpaired) electrons. The first-order valence-electron chi connectivity index (χ1n) is 7.63. The Morgan fingerprint density at radius 2 is 1.17 bits per heavy atom. The van der Waals surface area contributed by atoms with Gasteiger partial charge in [-0.3, -0.25) is 0 Å². The molecule has 0 aliphatic carbocycles. The summed E-state index contributed by atoms with van der Waals surface area (Å²) in [6.07, 6.45) is 5.64. The Labute approximate surface area is 114 Å². The zero-order chi connectivity index (χ0) is 13.4. The molecule has 0 amide bonds. The van der Waals surface area contributed by atoms with Crippen LogP contribution in [0, 0.1) is 5.92 Å². The Hall–Kier alpha value is -0.120. The lowest BCUT2D eigenvalue weighted by Gasteiger charge is -2.24. The topological polar surface area (TPSA) is 9.72 Å². The summed E-state index contributed by atoms with van der Waals surface area (Å²) in [6, 6.07) is 0. The molecule has 3 aliphatic rings. The van der Waals surface area contributed by atoms with Crippen molar-refractivity contribution in [2.75, 3.05) is 60.4 Å². The van der Waals surface area contributed by atoms with Gasteiger partial charge in [0.2, 0.25) is 0 Å². The lowest BCUT2D eigenvalue weighted by atomic mass is 10.2. The molecule has 0 aromatic carbocycles. The summed E-state index contributed by atoms with van der Waals surface area (Å²) in [5.41, 5.74) is 0. The Kier molecular flexibility index (Phi) is 7.87. The van der Waals surface area contributed by atoms with Crippen LogP contribution in [-0.4, -0.2) is 75.1 Å². The molecule has 3 rings (SSSR count). The molecule has 3 heteroatoms. The van der Waals surface area contributed by atoms with Crippen LogP contribution < -0.4 is 0 Å². The van der Waals surface area contributed by atoms with Gasteiger partial charge in [0.05, 0.1) is 0 Å². The van der Waals surface area contributed by atoms with Crippen molar-refractivity contribution >= 4 is 0 Å². The van der Waals surface area contributed by atoms with Crippen molar-refractivity contribution in [2.45, 2.75) is 32.6 Å². The van der Waals surface area contributed by atoms with Crippen molar-refractivity contribution < 1.29 is 0 Å². The second-order valence-corrected chi connectivity index (χ2v) is 6.32. The van der Waals surface area contributed by atoms with Gasteiger partial charge in [0.1, 0.15) is 0 Å². The van der Waals surface area contributed by atoms with E-state index >= 15 is 0 Å². The van der Waals surface area contributed by atoms with E-state index in [-0.39, 0.29) is 0 Å². The van der Waals surface area contributed by atoms with Crippen LogP contribution in [0.15, 0.2) is 0 Å². The minimum Gasteiger partial charge on any atom is -0.306 e. The van der Waals surface area contributed by atoms with Gasteiger partial charge in [-0.15, -0.1) is 0 Å². The minimum absolute atomic E-state index is 0.949. The monoisotopic (exact) mass is 255 g/mol. The molecule has 0 spiro atoms. The van der Waals surface area contributed by atoms with Crippen LogP contribution in [0.1, 0.15) is 32.6 Å². The second kappa shape index (κ2) is 8.89. The molecule has 3 aliphatic heterocycles. The Morgan fingerprint density at radius 1 is 0.667 bits per heavy atom. The largest absolute Gasteiger partial charge is 0.306 e. The maximum atomic E-state index is 2.38. The highest BCUT2D eigenvalue weighted by Crippen LogP contribution is 2.11. The van der Waals surface area contributed by atoms with Crippen molar-refractivity contribution in [1.82, 2.24) is 14.7 Å². The summed E-state index contributed by atoms with van der Waals surface area (Å²) in [6.45, 7) is 10.2. The minimum atomic E-state index is 0.949. The molecule has 0 bridgehead atoms. The number of likely N-dealkylation sites (tertiary alicyclic amines) is 3. The molecule has 1 unspecified atom stereocenters. The molecule has 3 nitrogen and oxygen atoms in total. The molecule has 0 aromatic heterocycles. The van der Waals surface area contributed by atoms with E-state index in [0.717, 1.165) is 5.92 Å². The summed E-state index contributed by atoms with van der Waals surface area (Å²) in [4.78, 5) is 7.05. The number of hydrogen-bond donors (Lipinski definition) is 0. The molecule has 3 heterocycles. The van der Waals surface area contributed by atoms with Crippen molar-refractivity contribution in [3.05, 3.63) is 0 Å². The van der Waals surface area contributed by atoms with Crippen molar-refractivity contribution in [3.63, 3.8) is 0 Å². The van der Waals surface area contributed by atoms with E-state index in [9.17, 15) is 0 Å². The third kappa shape index (κ3) is 7.34. The summed E-state index contributed by atoms with van der Waals surface area (Å²) in [5, 5.41) is 0. The van der Waals surface area contributed by atoms with Crippen molar-refractivity contribution in [1.29, 1.82) is 0 Å². The fourth-order valence-corrected chi connectivity index (χ4v) is 2.50. The van der Waals surface area contributed by atoms with Gasteiger partial charge in [-0.05, 0) is 85.5 Å². The summed E-state index contributed by atoms with van der Waals surface area (Å²) < 4.78 is 0. The summed E-state index contributed by atoms with van der Waals surface area (Å²) in [5.74, 6) is 0.949. The average molecular weight is 255 g/mol. The molecule has 3 saturated heterocycles. The van der Waals surface area contributed by atoms with Gasteiger partial charge in [-0.25, -0.2) is 0 Å². The van der Waals surface area contributed by atoms with Crippen LogP contribution in [0.25, 0.3) is 0 Å². The third-order valence-corrected chi connectivity index (χ3v) is 4.04. The highest BCUT2D eigenvalue weighted by Gasteiger charge is 2.13. The average Bonchev–Trinajstić information content (AvgIpc) is 2.89. The van der Waals surface area contributed by atoms with Crippen molar-refractivity contribution in [2.24, 2.45) is 5.92 Å². The molecule has 0 saturated carbocycles. The molecular formula is C15H33N3. The van der Waals surface area contributed by atoms with E-state index < -0.39 is 0 Å². The lowest BCUT2D eigenvalue weighted by Crippen LogP contribution is -2.32. The van der Waals surface area contributed by atoms with E-state index in [1.165, 1.54) is 65.0 Å². The lowest BCUT2D eigenvalue weighted by molar-refractivity contribution is 0.229. The first-order chi connectivity index (χ1) is 8.58. The highest BCUT2D eigenvalue weighted by molar-refractivity contribution is 4.67. The molecule has 1 atom stereocenters. The van der Waals surface area contributed by atoms with E-state index in [2.05, 4.69) is 42.8 Å². The zero-order valence-corrected chi connectivity index (χ0v) is 13.0. The summed E-state index contributed by atoms with van der Waals surface area (Å²) >= 11 is 0. The van der Waals surface area contributed by atoms with Crippen LogP contribution in [0.4, 0.5) is 0 Å². The summed E-state index contributed by atoms with van der Waals surface area (Å²) in [7, 11) is 6.50. The fourth-order valence-electron chi connectivity index (χ4n) is 2.50. The molecule has 3 fully saturated rings. The van der Waals surface area contributed by atoms with Gasteiger partial charge in [0, 0.05) is 6.54 Å². The number of nitrogens with zero attached hydrogens (tertiary/aromatic N) is 3. The first kappa shape index (κ1) is 15.9. The number of hydrogen-bond acceptors (Lipinski definition) is 3. The van der Waals surface area contributed by atoms with Gasteiger partial charge in [0.25, 0.3) is 0 Å². The SMILES string of the molecule is CC1CCN(C)C1.CN1CCC1.CN1CCCC1. The smallest absolute Gasteiger partial charge is 0.000445 e. The van der Waals surface area contributed by atoms with Crippen molar-refractivity contribution in [3.8, 4) is 0 Å². The van der Waals surface area contributed by atoms with E-state index in [4.69, 9.17) is 0 Å². The van der Waals surface area contributed by atoms with Gasteiger partial charge < -0.3 is 14.7 Å². The Balaban J connectivity index is 0.000000137. The predicted molar refractivity (Wildman–Crippen MR) is 80.1 cm³/mol. The molecule has 0 N–H and O–H groups in total. The number of rotatable bonds is 0. The highest BCUT2D eigenvalue weighted by atomic mass is 15.1. The Morgan fingerprint density at radius 3 is 1.28 bits per heavy atom. The third-order valence-electron chi connectivity index (χ3n) is 4.04. The maximum absolute atomic E-state index is 2.38. The van der Waals surface area contributed by atoms with Crippen LogP contribution in [-0.2, 0) is 0 Å². The maximum Gasteiger partial charge on any atom is 0.000445 e. The van der Waals surface area contributed by atoms with Crippen LogP contribution >= 0.6 is 0 Å². The second-order valence-electron chi connectivity index (χ2n) is 6.32. The van der Waals surface area contributed by atoms with E-state index in [1.807, 2.05) is 0 Å². The van der Waals surface area contributed by atoms with E-state index in [1.54, 1.807) is 0 Å². The molecular weight excluding hydrogens is 222 g/mol. The van der Waals surface area contributed by atoms with Gasteiger partial charge in [-0.1, -0.05) is 6.92 Å². The van der Waals surface area contributed by atoms with E-state index in [0.29, 0.717) is 0 Å². The van der Waals surface area contributed by atoms with Crippen LogP contribution in [0.2, 0.25) is 0 Å². The van der Waals surface area contributed by atoms with Crippen LogP contribution in [0.5, 0.6) is 0 Å². The van der Waals surface area contributed by atoms with Gasteiger partial charge >= 0.3 is 0 Å². The normalized spacial score (nSPS) is 29.0. The van der Waals surface area contributed by atoms with Gasteiger partial charge in [-0.2, -0.15) is 0 Å². The van der Waals surface area contributed by atoms with Gasteiger partial charge in [0.15, 0.2) is 0 Å². The quantitative estimate of drug-likeness (QED) is 0.655. The predicted octanol–water partition coefficient (Wildman–Crippen LogP) is 1.99. The zero-order valence-electron chi connectivity index (χ0n) is 13.0. The first-order valence-corrected chi connectivity index (χ1v) is 7.63. The Bertz CT molecular complexity index is 190. The fraction of sp³-hybridized carbons (Fsp3) is 1.00. The molecule has 0 aromatic rings. The molecule has 108 valence electrons. The standard InChI is InChI=1S/C6H13N.C5H11N.C4H9N/c1-6-3-4-7(2)5-6;1-6-4-2-3-5-6;1-5-3-2-4-5/h6H,3-5H2,1-2H3;2-5H2,1H3;2-4H2,1H3. The molecule has 18 heavy (non-hydrogen) atoms.